The standard InChI is InChI=1S/C10H15N5O2/c1-10(2-3-17-6-10)14-9(16)7-4-13-8(15-11)5-12-7/h4-5H,2-3,6,11H2,1H3,(H,13,15)(H,14,16). The van der Waals surface area contributed by atoms with Gasteiger partial charge in [0.1, 0.15) is 5.69 Å². The number of hydrogen-bond donors (Lipinski definition) is 3. The summed E-state index contributed by atoms with van der Waals surface area (Å²) in [6.45, 7) is 3.13. The molecule has 2 rings (SSSR count). The fourth-order valence-corrected chi connectivity index (χ4v) is 1.62. The number of hydrazine groups is 1. The zero-order valence-electron chi connectivity index (χ0n) is 9.56. The van der Waals surface area contributed by atoms with Crippen molar-refractivity contribution in [2.75, 3.05) is 18.6 Å². The molecule has 1 aliphatic heterocycles. The van der Waals surface area contributed by atoms with Crippen molar-refractivity contribution in [1.82, 2.24) is 15.3 Å². The van der Waals surface area contributed by atoms with Crippen molar-refractivity contribution in [3.05, 3.63) is 18.1 Å². The number of nitrogen functional groups attached to an aromatic ring is 1. The Hall–Kier alpha value is -1.73. The van der Waals surface area contributed by atoms with Crippen LogP contribution in [0.5, 0.6) is 0 Å². The minimum atomic E-state index is -0.316. The summed E-state index contributed by atoms with van der Waals surface area (Å²) in [6, 6.07) is 0. The van der Waals surface area contributed by atoms with Gasteiger partial charge < -0.3 is 15.5 Å². The van der Waals surface area contributed by atoms with Gasteiger partial charge in [-0.05, 0) is 13.3 Å². The number of hydrogen-bond acceptors (Lipinski definition) is 6. The van der Waals surface area contributed by atoms with E-state index in [0.717, 1.165) is 6.42 Å². The molecule has 7 heteroatoms. The lowest BCUT2D eigenvalue weighted by Gasteiger charge is -2.23. The molecule has 1 unspecified atom stereocenters. The molecule has 0 bridgehead atoms. The highest BCUT2D eigenvalue weighted by atomic mass is 16.5. The van der Waals surface area contributed by atoms with E-state index in [0.29, 0.717) is 19.0 Å². The normalized spacial score (nSPS) is 23.4. The molecule has 0 aromatic carbocycles. The number of ether oxygens (including phenoxy) is 1. The monoisotopic (exact) mass is 237 g/mol. The first-order valence-corrected chi connectivity index (χ1v) is 5.32. The van der Waals surface area contributed by atoms with Crippen molar-refractivity contribution in [2.45, 2.75) is 18.9 Å². The molecule has 2 heterocycles. The predicted octanol–water partition coefficient (Wildman–Crippen LogP) is -0.329. The Morgan fingerprint density at radius 3 is 2.88 bits per heavy atom. The number of carbonyl (C=O) groups excluding carboxylic acids is 1. The Morgan fingerprint density at radius 1 is 1.53 bits per heavy atom. The van der Waals surface area contributed by atoms with Crippen molar-refractivity contribution in [3.63, 3.8) is 0 Å². The van der Waals surface area contributed by atoms with Gasteiger partial charge in [0.05, 0.1) is 24.5 Å². The van der Waals surface area contributed by atoms with Gasteiger partial charge in [0, 0.05) is 6.61 Å². The fraction of sp³-hybridized carbons (Fsp3) is 0.500. The minimum absolute atomic E-state index is 0.255. The van der Waals surface area contributed by atoms with Gasteiger partial charge in [-0.3, -0.25) is 4.79 Å². The summed E-state index contributed by atoms with van der Waals surface area (Å²) in [4.78, 5) is 19.8. The highest BCUT2D eigenvalue weighted by Gasteiger charge is 2.31. The topological polar surface area (TPSA) is 102 Å². The molecule has 0 radical (unpaired) electrons. The first kappa shape index (κ1) is 11.7. The lowest BCUT2D eigenvalue weighted by atomic mass is 10.0. The van der Waals surface area contributed by atoms with Gasteiger partial charge in [0.2, 0.25) is 0 Å². The number of aromatic nitrogens is 2. The van der Waals surface area contributed by atoms with Crippen LogP contribution >= 0.6 is 0 Å². The number of carbonyl (C=O) groups is 1. The molecule has 1 aliphatic rings. The van der Waals surface area contributed by atoms with Crippen LogP contribution in [0, 0.1) is 0 Å². The summed E-state index contributed by atoms with van der Waals surface area (Å²) in [5, 5.41) is 2.89. The zero-order valence-corrected chi connectivity index (χ0v) is 9.56. The largest absolute Gasteiger partial charge is 0.379 e. The maximum Gasteiger partial charge on any atom is 0.271 e. The van der Waals surface area contributed by atoms with Crippen LogP contribution in [0.15, 0.2) is 12.4 Å². The Kier molecular flexibility index (Phi) is 3.21. The van der Waals surface area contributed by atoms with E-state index >= 15 is 0 Å². The summed E-state index contributed by atoms with van der Waals surface area (Å²) in [5.74, 6) is 5.32. The highest BCUT2D eigenvalue weighted by Crippen LogP contribution is 2.17. The van der Waals surface area contributed by atoms with E-state index in [4.69, 9.17) is 10.6 Å². The Balaban J connectivity index is 2.03. The number of rotatable bonds is 3. The lowest BCUT2D eigenvalue weighted by molar-refractivity contribution is 0.0884. The second kappa shape index (κ2) is 4.64. The van der Waals surface area contributed by atoms with Gasteiger partial charge in [-0.25, -0.2) is 15.8 Å². The molecule has 1 aromatic heterocycles. The Labute approximate surface area is 98.7 Å². The first-order valence-electron chi connectivity index (χ1n) is 5.32. The van der Waals surface area contributed by atoms with Crippen LogP contribution in [0.3, 0.4) is 0 Å². The quantitative estimate of drug-likeness (QED) is 0.491. The highest BCUT2D eigenvalue weighted by molar-refractivity contribution is 5.92. The maximum absolute atomic E-state index is 11.9. The van der Waals surface area contributed by atoms with Crippen molar-refractivity contribution >= 4 is 11.7 Å². The number of anilines is 1. The molecular weight excluding hydrogens is 222 g/mol. The first-order chi connectivity index (χ1) is 8.13. The average molecular weight is 237 g/mol. The molecule has 4 N–H and O–H groups in total. The second-order valence-corrected chi connectivity index (χ2v) is 4.25. The van der Waals surface area contributed by atoms with Gasteiger partial charge in [-0.1, -0.05) is 0 Å². The molecule has 1 amide bonds. The van der Waals surface area contributed by atoms with Crippen LogP contribution in [-0.2, 0) is 4.74 Å². The third kappa shape index (κ3) is 2.69. The van der Waals surface area contributed by atoms with Gasteiger partial charge in [-0.2, -0.15) is 0 Å². The molecule has 17 heavy (non-hydrogen) atoms. The predicted molar refractivity (Wildman–Crippen MR) is 61.1 cm³/mol. The van der Waals surface area contributed by atoms with Crippen LogP contribution in [0.2, 0.25) is 0 Å². The summed E-state index contributed by atoms with van der Waals surface area (Å²) in [6.07, 6.45) is 3.58. The number of nitrogens with zero attached hydrogens (tertiary/aromatic N) is 2. The number of nitrogens with two attached hydrogens (primary N) is 1. The zero-order chi connectivity index (χ0) is 12.3. The van der Waals surface area contributed by atoms with Gasteiger partial charge in [-0.15, -0.1) is 0 Å². The molecule has 1 aromatic rings. The lowest BCUT2D eigenvalue weighted by Crippen LogP contribution is -2.46. The summed E-state index contributed by atoms with van der Waals surface area (Å²) >= 11 is 0. The van der Waals surface area contributed by atoms with Gasteiger partial charge in [0.15, 0.2) is 5.82 Å². The molecule has 92 valence electrons. The SMILES string of the molecule is CC1(NC(=O)c2cnc(NN)cn2)CCOC1. The van der Waals surface area contributed by atoms with Crippen molar-refractivity contribution in [2.24, 2.45) is 5.84 Å². The Morgan fingerprint density at radius 2 is 2.35 bits per heavy atom. The van der Waals surface area contributed by atoms with Crippen molar-refractivity contribution in [3.8, 4) is 0 Å². The molecule has 0 aliphatic carbocycles. The van der Waals surface area contributed by atoms with E-state index in [2.05, 4.69) is 20.7 Å². The van der Waals surface area contributed by atoms with Gasteiger partial charge in [0.25, 0.3) is 5.91 Å². The number of nitrogens with one attached hydrogen (secondary N) is 2. The molecule has 1 fully saturated rings. The van der Waals surface area contributed by atoms with Crippen molar-refractivity contribution < 1.29 is 9.53 Å². The van der Waals surface area contributed by atoms with Crippen LogP contribution in [-0.4, -0.2) is 34.6 Å². The summed E-state index contributed by atoms with van der Waals surface area (Å²) in [7, 11) is 0. The third-order valence-electron chi connectivity index (χ3n) is 2.67. The smallest absolute Gasteiger partial charge is 0.271 e. The molecule has 1 atom stereocenters. The van der Waals surface area contributed by atoms with Crippen LogP contribution in [0.25, 0.3) is 0 Å². The summed E-state index contributed by atoms with van der Waals surface area (Å²) in [5.41, 5.74) is 2.29. The molecular formula is C10H15N5O2. The Bertz CT molecular complexity index is 400. The van der Waals surface area contributed by atoms with Crippen LogP contribution in [0.4, 0.5) is 5.82 Å². The van der Waals surface area contributed by atoms with Crippen molar-refractivity contribution in [1.29, 1.82) is 0 Å². The molecule has 1 saturated heterocycles. The third-order valence-corrected chi connectivity index (χ3v) is 2.67. The van der Waals surface area contributed by atoms with E-state index < -0.39 is 0 Å². The van der Waals surface area contributed by atoms with E-state index in [9.17, 15) is 4.79 Å². The molecule has 7 nitrogen and oxygen atoms in total. The van der Waals surface area contributed by atoms with Crippen LogP contribution < -0.4 is 16.6 Å². The van der Waals surface area contributed by atoms with Crippen LogP contribution in [0.1, 0.15) is 23.8 Å². The maximum atomic E-state index is 11.9. The van der Waals surface area contributed by atoms with E-state index in [1.54, 1.807) is 0 Å². The summed E-state index contributed by atoms with van der Waals surface area (Å²) < 4.78 is 5.26. The van der Waals surface area contributed by atoms with E-state index in [1.807, 2.05) is 6.92 Å². The van der Waals surface area contributed by atoms with Gasteiger partial charge >= 0.3 is 0 Å². The molecule has 0 spiro atoms. The van der Waals surface area contributed by atoms with E-state index in [-0.39, 0.29) is 17.1 Å². The second-order valence-electron chi connectivity index (χ2n) is 4.25. The van der Waals surface area contributed by atoms with E-state index in [1.165, 1.54) is 12.4 Å². The molecule has 0 saturated carbocycles. The number of amides is 1. The minimum Gasteiger partial charge on any atom is -0.379 e. The fourth-order valence-electron chi connectivity index (χ4n) is 1.62. The average Bonchev–Trinajstić information content (AvgIpc) is 2.76.